The zero-order valence-corrected chi connectivity index (χ0v) is 18.0. The van der Waals surface area contributed by atoms with Gasteiger partial charge in [-0.05, 0) is 60.6 Å². The molecule has 0 aliphatic carbocycles. The maximum atomic E-state index is 12.5. The first-order valence-corrected chi connectivity index (χ1v) is 10.3. The number of rotatable bonds is 11. The second-order valence-corrected chi connectivity index (χ2v) is 7.80. The highest BCUT2D eigenvalue weighted by Crippen LogP contribution is 2.19. The van der Waals surface area contributed by atoms with Crippen LogP contribution < -0.4 is 15.8 Å². The number of methoxy groups -OCH3 is 1. The van der Waals surface area contributed by atoms with Gasteiger partial charge in [0, 0.05) is 12.1 Å². The smallest absolute Gasteiger partial charge is 0.248 e. The lowest BCUT2D eigenvalue weighted by atomic mass is 9.89. The van der Waals surface area contributed by atoms with Crippen LogP contribution in [0, 0.1) is 11.8 Å². The van der Waals surface area contributed by atoms with Gasteiger partial charge in [0.15, 0.2) is 0 Å². The Morgan fingerprint density at radius 3 is 2.33 bits per heavy atom. The molecule has 0 aliphatic rings. The number of nitrogens with one attached hydrogen (secondary N) is 1. The Morgan fingerprint density at radius 2 is 1.73 bits per heavy atom. The Kier molecular flexibility index (Phi) is 9.29. The molecule has 2 aromatic carbocycles. The number of amides is 1. The van der Waals surface area contributed by atoms with Crippen LogP contribution >= 0.6 is 0 Å². The average molecular weight is 409 g/mol. The van der Waals surface area contributed by atoms with Gasteiger partial charge in [0.05, 0.1) is 13.2 Å². The van der Waals surface area contributed by atoms with Crippen LogP contribution in [0.1, 0.15) is 32.3 Å². The van der Waals surface area contributed by atoms with Gasteiger partial charge in [0.1, 0.15) is 11.5 Å². The maximum absolute atomic E-state index is 12.5. The quantitative estimate of drug-likeness (QED) is 0.541. The van der Waals surface area contributed by atoms with Crippen LogP contribution in [0.15, 0.2) is 66.7 Å². The molecule has 160 valence electrons. The number of carbonyl (C=O) groups is 2. The number of aryl methyl sites for hydroxylation is 1. The van der Waals surface area contributed by atoms with Crippen LogP contribution in [-0.2, 0) is 16.0 Å². The van der Waals surface area contributed by atoms with Gasteiger partial charge in [-0.2, -0.15) is 0 Å². The molecule has 3 N–H and O–H groups in total. The van der Waals surface area contributed by atoms with Gasteiger partial charge in [-0.25, -0.2) is 0 Å². The lowest BCUT2D eigenvalue weighted by molar-refractivity contribution is -0.121. The molecule has 2 aromatic rings. The highest BCUT2D eigenvalue weighted by molar-refractivity contribution is 5.99. The van der Waals surface area contributed by atoms with Crippen LogP contribution in [-0.4, -0.2) is 24.8 Å². The molecule has 0 aromatic heterocycles. The molecule has 2 rings (SSSR count). The Balaban J connectivity index is 2.01. The molecule has 0 unspecified atom stereocenters. The number of hydrogen-bond donors (Lipinski definition) is 2. The summed E-state index contributed by atoms with van der Waals surface area (Å²) in [5, 5.41) is 2.83. The van der Waals surface area contributed by atoms with E-state index in [1.165, 1.54) is 11.6 Å². The number of Topliss-reactive ketones (excluding diaryl/α,β-unsaturated/α-hetero) is 1. The molecule has 1 amide bonds. The summed E-state index contributed by atoms with van der Waals surface area (Å²) in [4.78, 5) is 24.9. The van der Waals surface area contributed by atoms with Gasteiger partial charge in [0.25, 0.3) is 0 Å². The van der Waals surface area contributed by atoms with Crippen LogP contribution in [0.5, 0.6) is 5.75 Å². The highest BCUT2D eigenvalue weighted by atomic mass is 16.5. The number of nitrogens with two attached hydrogens (primary N) is 1. The third-order valence-corrected chi connectivity index (χ3v) is 5.08. The van der Waals surface area contributed by atoms with Crippen LogP contribution in [0.25, 0.3) is 0 Å². The van der Waals surface area contributed by atoms with Crippen LogP contribution in [0.3, 0.4) is 0 Å². The predicted octanol–water partition coefficient (Wildman–Crippen LogP) is 4.38. The largest absolute Gasteiger partial charge is 0.497 e. The molecule has 0 bridgehead atoms. The molecular weight excluding hydrogens is 376 g/mol. The van der Waals surface area contributed by atoms with E-state index in [0.29, 0.717) is 12.1 Å². The Morgan fingerprint density at radius 1 is 1.07 bits per heavy atom. The topological polar surface area (TPSA) is 81.4 Å². The first-order chi connectivity index (χ1) is 14.4. The zero-order valence-electron chi connectivity index (χ0n) is 18.0. The van der Waals surface area contributed by atoms with Gasteiger partial charge in [0.2, 0.25) is 5.91 Å². The number of anilines is 1. The molecule has 0 radical (unpaired) electrons. The van der Waals surface area contributed by atoms with Crippen molar-refractivity contribution < 1.29 is 14.3 Å². The molecule has 0 saturated heterocycles. The van der Waals surface area contributed by atoms with E-state index < -0.39 is 6.04 Å². The standard InChI is InChI=1S/C25H32N2O3/c1-18(2)25(26)23(28)17-20(10-9-19-7-5-4-6-8-19)11-16-24(29)27-21-12-14-22(30-3)15-13-21/h4-8,11-16,18,20,25H,9-10,17,26H2,1-3H3,(H,27,29)/b16-11+/t20-,25-/m0/s1. The third kappa shape index (κ3) is 7.84. The molecule has 5 heteroatoms. The van der Waals surface area contributed by atoms with Crippen molar-refractivity contribution in [2.45, 2.75) is 39.2 Å². The summed E-state index contributed by atoms with van der Waals surface area (Å²) < 4.78 is 5.12. The number of hydrogen-bond acceptors (Lipinski definition) is 4. The molecule has 0 fully saturated rings. The molecule has 30 heavy (non-hydrogen) atoms. The van der Waals surface area contributed by atoms with Crippen molar-refractivity contribution in [2.24, 2.45) is 17.6 Å². The monoisotopic (exact) mass is 408 g/mol. The third-order valence-electron chi connectivity index (χ3n) is 5.08. The SMILES string of the molecule is COc1ccc(NC(=O)/C=C/[C@H](CCc2ccccc2)CC(=O)[C@@H](N)C(C)C)cc1. The molecule has 0 aliphatic heterocycles. The minimum Gasteiger partial charge on any atom is -0.497 e. The van der Waals surface area contributed by atoms with Crippen LogP contribution in [0.4, 0.5) is 5.69 Å². The van der Waals surface area contributed by atoms with E-state index in [4.69, 9.17) is 10.5 Å². The second kappa shape index (κ2) is 11.9. The number of carbonyl (C=O) groups excluding carboxylic acids is 2. The van der Waals surface area contributed by atoms with Gasteiger partial charge in [-0.3, -0.25) is 9.59 Å². The highest BCUT2D eigenvalue weighted by Gasteiger charge is 2.20. The molecule has 0 saturated carbocycles. The number of benzene rings is 2. The summed E-state index contributed by atoms with van der Waals surface area (Å²) in [6.07, 6.45) is 5.27. The van der Waals surface area contributed by atoms with E-state index in [0.717, 1.165) is 18.6 Å². The van der Waals surface area contributed by atoms with E-state index in [2.05, 4.69) is 17.4 Å². The molecule has 0 heterocycles. The van der Waals surface area contributed by atoms with Crippen molar-refractivity contribution in [3.8, 4) is 5.75 Å². The second-order valence-electron chi connectivity index (χ2n) is 7.80. The summed E-state index contributed by atoms with van der Waals surface area (Å²) >= 11 is 0. The first kappa shape index (κ1) is 23.4. The molecule has 0 spiro atoms. The van der Waals surface area contributed by atoms with Gasteiger partial charge in [-0.1, -0.05) is 50.3 Å². The minimum absolute atomic E-state index is 0.0308. The van der Waals surface area contributed by atoms with Crippen molar-refractivity contribution in [1.29, 1.82) is 0 Å². The van der Waals surface area contributed by atoms with E-state index in [-0.39, 0.29) is 23.5 Å². The summed E-state index contributed by atoms with van der Waals surface area (Å²) in [6, 6.07) is 16.8. The molecule has 5 nitrogen and oxygen atoms in total. The fraction of sp³-hybridized carbons (Fsp3) is 0.360. The number of ketones is 1. The van der Waals surface area contributed by atoms with Crippen molar-refractivity contribution in [2.75, 3.05) is 12.4 Å². The van der Waals surface area contributed by atoms with Gasteiger partial charge in [-0.15, -0.1) is 0 Å². The molecule has 2 atom stereocenters. The fourth-order valence-electron chi connectivity index (χ4n) is 3.11. The average Bonchev–Trinajstić information content (AvgIpc) is 2.76. The lowest BCUT2D eigenvalue weighted by Crippen LogP contribution is -2.36. The van der Waals surface area contributed by atoms with Gasteiger partial charge >= 0.3 is 0 Å². The van der Waals surface area contributed by atoms with Crippen molar-refractivity contribution in [3.05, 3.63) is 72.3 Å². The fourth-order valence-corrected chi connectivity index (χ4v) is 3.11. The van der Waals surface area contributed by atoms with Crippen LogP contribution in [0.2, 0.25) is 0 Å². The Hall–Kier alpha value is -2.92. The summed E-state index contributed by atoms with van der Waals surface area (Å²) in [5.41, 5.74) is 7.93. The lowest BCUT2D eigenvalue weighted by Gasteiger charge is -2.18. The number of allylic oxidation sites excluding steroid dienone is 1. The van der Waals surface area contributed by atoms with Gasteiger partial charge < -0.3 is 15.8 Å². The predicted molar refractivity (Wildman–Crippen MR) is 121 cm³/mol. The van der Waals surface area contributed by atoms with Crippen molar-refractivity contribution in [1.82, 2.24) is 0 Å². The number of ether oxygens (including phenoxy) is 1. The maximum Gasteiger partial charge on any atom is 0.248 e. The Bertz CT molecular complexity index is 829. The van der Waals surface area contributed by atoms with E-state index in [9.17, 15) is 9.59 Å². The van der Waals surface area contributed by atoms with Crippen molar-refractivity contribution >= 4 is 17.4 Å². The van der Waals surface area contributed by atoms with Crippen molar-refractivity contribution in [3.63, 3.8) is 0 Å². The minimum atomic E-state index is -0.481. The van der Waals surface area contributed by atoms with E-state index in [1.54, 1.807) is 31.4 Å². The summed E-state index contributed by atoms with van der Waals surface area (Å²) in [6.45, 7) is 3.89. The normalized spacial score (nSPS) is 13.2. The molecular formula is C25H32N2O3. The first-order valence-electron chi connectivity index (χ1n) is 10.3. The zero-order chi connectivity index (χ0) is 21.9. The van der Waals surface area contributed by atoms with E-state index >= 15 is 0 Å². The summed E-state index contributed by atoms with van der Waals surface area (Å²) in [7, 11) is 1.60. The van der Waals surface area contributed by atoms with E-state index in [1.807, 2.05) is 38.1 Å². The summed E-state index contributed by atoms with van der Waals surface area (Å²) in [5.74, 6) is 0.567. The Labute approximate surface area is 179 Å².